The number of aromatic amines is 1. The average molecular weight is 516 g/mol. The fourth-order valence-electron chi connectivity index (χ4n) is 2.97. The van der Waals surface area contributed by atoms with E-state index in [1.54, 1.807) is 35.3 Å². The van der Waals surface area contributed by atoms with Crippen LogP contribution in [0.5, 0.6) is 0 Å². The van der Waals surface area contributed by atoms with Gasteiger partial charge in [-0.2, -0.15) is 9.78 Å². The van der Waals surface area contributed by atoms with Crippen molar-refractivity contribution in [3.8, 4) is 0 Å². The van der Waals surface area contributed by atoms with Gasteiger partial charge in [-0.25, -0.2) is 0 Å². The first-order valence-corrected chi connectivity index (χ1v) is 11.5. The highest BCUT2D eigenvalue weighted by Gasteiger charge is 2.26. The first-order chi connectivity index (χ1) is 15.0. The van der Waals surface area contributed by atoms with Gasteiger partial charge in [0.05, 0.1) is 13.0 Å². The van der Waals surface area contributed by atoms with Crippen LogP contribution in [0, 0.1) is 5.41 Å². The average Bonchev–Trinajstić information content (AvgIpc) is 3.12. The van der Waals surface area contributed by atoms with Crippen LogP contribution < -0.4 is 4.68 Å². The molecule has 0 saturated carbocycles. The lowest BCUT2D eigenvalue weighted by Crippen LogP contribution is -2.39. The van der Waals surface area contributed by atoms with Crippen LogP contribution in [0.15, 0.2) is 42.7 Å². The monoisotopic (exact) mass is 514 g/mol. The van der Waals surface area contributed by atoms with Crippen LogP contribution in [-0.2, 0) is 29.1 Å². The molecule has 0 aliphatic rings. The minimum absolute atomic E-state index is 0.102. The first kappa shape index (κ1) is 25.0. The number of hydrogen-bond acceptors (Lipinski definition) is 3. The van der Waals surface area contributed by atoms with Crippen molar-refractivity contribution in [1.29, 1.82) is 0 Å². The van der Waals surface area contributed by atoms with Crippen LogP contribution in [0.2, 0.25) is 20.1 Å². The lowest BCUT2D eigenvalue weighted by atomic mass is 9.89. The zero-order valence-electron chi connectivity index (χ0n) is 18.0. The summed E-state index contributed by atoms with van der Waals surface area (Å²) in [5.41, 5.74) is 1.14. The van der Waals surface area contributed by atoms with Crippen molar-refractivity contribution in [1.82, 2.24) is 10.1 Å². The maximum absolute atomic E-state index is 12.3. The van der Waals surface area contributed by atoms with E-state index in [4.69, 9.17) is 51.1 Å². The number of ketones is 1. The fourth-order valence-corrected chi connectivity index (χ4v) is 3.96. The standard InChI is InChI=1S/C23H23Cl4N3O2/c1-23(2,3)21(31)10-22-28-13-30(29-22)11-20(17-7-6-16(25)9-19(17)27)32-12-14-4-5-15(24)8-18(14)26/h4-9,13,20H,10-12H2,1-3H3/p+1. The Labute approximate surface area is 207 Å². The smallest absolute Gasteiger partial charge is 0.307 e. The second-order valence-electron chi connectivity index (χ2n) is 8.51. The van der Waals surface area contributed by atoms with Crippen LogP contribution in [0.4, 0.5) is 0 Å². The third-order valence-corrected chi connectivity index (χ3v) is 6.07. The summed E-state index contributed by atoms with van der Waals surface area (Å²) in [6.07, 6.45) is 1.44. The van der Waals surface area contributed by atoms with Crippen molar-refractivity contribution >= 4 is 52.2 Å². The molecule has 5 nitrogen and oxygen atoms in total. The number of halogens is 4. The normalized spacial score (nSPS) is 12.7. The summed E-state index contributed by atoms with van der Waals surface area (Å²) in [4.78, 5) is 16.7. The molecule has 0 saturated heterocycles. The van der Waals surface area contributed by atoms with E-state index >= 15 is 0 Å². The van der Waals surface area contributed by atoms with E-state index in [-0.39, 0.29) is 18.8 Å². The van der Waals surface area contributed by atoms with Gasteiger partial charge in [0.1, 0.15) is 18.4 Å². The van der Waals surface area contributed by atoms with Crippen molar-refractivity contribution in [2.75, 3.05) is 0 Å². The zero-order chi connectivity index (χ0) is 23.5. The van der Waals surface area contributed by atoms with Crippen LogP contribution in [0.3, 0.4) is 0 Å². The first-order valence-electron chi connectivity index (χ1n) is 10.00. The molecule has 0 radical (unpaired) electrons. The van der Waals surface area contributed by atoms with Crippen molar-refractivity contribution in [3.63, 3.8) is 0 Å². The number of ether oxygens (including phenoxy) is 1. The molecule has 1 heterocycles. The molecule has 170 valence electrons. The van der Waals surface area contributed by atoms with Crippen molar-refractivity contribution in [2.24, 2.45) is 5.41 Å². The zero-order valence-corrected chi connectivity index (χ0v) is 21.0. The van der Waals surface area contributed by atoms with Crippen molar-refractivity contribution in [2.45, 2.75) is 46.4 Å². The summed E-state index contributed by atoms with van der Waals surface area (Å²) < 4.78 is 7.98. The lowest BCUT2D eigenvalue weighted by molar-refractivity contribution is -0.758. The van der Waals surface area contributed by atoms with E-state index in [1.165, 1.54) is 0 Å². The number of nitrogens with zero attached hydrogens (tertiary/aromatic N) is 2. The number of carbonyl (C=O) groups is 1. The Bertz CT molecular complexity index is 1110. The van der Waals surface area contributed by atoms with E-state index in [1.807, 2.05) is 32.9 Å². The highest BCUT2D eigenvalue weighted by Crippen LogP contribution is 2.30. The van der Waals surface area contributed by atoms with Crippen molar-refractivity contribution in [3.05, 3.63) is 79.8 Å². The predicted molar refractivity (Wildman–Crippen MR) is 127 cm³/mol. The number of H-pyrrole nitrogens is 1. The van der Waals surface area contributed by atoms with Crippen molar-refractivity contribution < 1.29 is 14.2 Å². The van der Waals surface area contributed by atoms with Crippen LogP contribution in [-0.4, -0.2) is 15.9 Å². The second kappa shape index (κ2) is 10.5. The van der Waals surface area contributed by atoms with Gasteiger partial charge < -0.3 is 4.74 Å². The summed E-state index contributed by atoms with van der Waals surface area (Å²) in [6.45, 7) is 6.31. The molecule has 1 unspecified atom stereocenters. The number of benzene rings is 2. The highest BCUT2D eigenvalue weighted by molar-refractivity contribution is 6.35. The SMILES string of the molecule is CC(C)(C)C(=O)Cc1nc[n+](CC(OCc2ccc(Cl)cc2Cl)c2ccc(Cl)cc2Cl)[nH]1. The molecule has 1 atom stereocenters. The minimum atomic E-state index is -0.433. The second-order valence-corrected chi connectivity index (χ2v) is 10.2. The summed E-state index contributed by atoms with van der Waals surface area (Å²) >= 11 is 24.8. The Morgan fingerprint density at radius 2 is 1.72 bits per heavy atom. The Kier molecular flexibility index (Phi) is 8.23. The Balaban J connectivity index is 1.81. The summed E-state index contributed by atoms with van der Waals surface area (Å²) in [7, 11) is 0. The quantitative estimate of drug-likeness (QED) is 0.352. The van der Waals surface area contributed by atoms with Crippen LogP contribution in [0.1, 0.15) is 43.8 Å². The van der Waals surface area contributed by atoms with Crippen LogP contribution >= 0.6 is 46.4 Å². The van der Waals surface area contributed by atoms with E-state index in [0.717, 1.165) is 11.1 Å². The molecule has 9 heteroatoms. The van der Waals surface area contributed by atoms with E-state index in [0.29, 0.717) is 32.5 Å². The number of nitrogens with one attached hydrogen (secondary N) is 1. The minimum Gasteiger partial charge on any atom is -0.365 e. The lowest BCUT2D eigenvalue weighted by Gasteiger charge is -2.18. The summed E-state index contributed by atoms with van der Waals surface area (Å²) in [5, 5.41) is 5.27. The molecular weight excluding hydrogens is 492 g/mol. The molecule has 3 aromatic rings. The molecule has 0 amide bonds. The molecule has 1 N–H and O–H groups in total. The maximum Gasteiger partial charge on any atom is 0.307 e. The van der Waals surface area contributed by atoms with E-state index < -0.39 is 11.5 Å². The van der Waals surface area contributed by atoms with Gasteiger partial charge in [-0.15, -0.1) is 0 Å². The molecule has 3 rings (SSSR count). The molecule has 0 aliphatic heterocycles. The molecule has 0 bridgehead atoms. The molecule has 0 fully saturated rings. The third-order valence-electron chi connectivity index (χ3n) is 4.92. The van der Waals surface area contributed by atoms with Gasteiger partial charge in [-0.3, -0.25) is 4.79 Å². The van der Waals surface area contributed by atoms with Gasteiger partial charge in [0.15, 0.2) is 0 Å². The van der Waals surface area contributed by atoms with Crippen LogP contribution in [0.25, 0.3) is 0 Å². The number of carbonyl (C=O) groups excluding carboxylic acids is 1. The summed E-state index contributed by atoms with van der Waals surface area (Å²) in [5.74, 6) is 0.691. The van der Waals surface area contributed by atoms with E-state index in [2.05, 4.69) is 10.1 Å². The third kappa shape index (κ3) is 6.69. The number of rotatable bonds is 8. The molecular formula is C23H24Cl4N3O2+. The maximum atomic E-state index is 12.3. The summed E-state index contributed by atoms with van der Waals surface area (Å²) in [6, 6.07) is 10.5. The fraction of sp³-hybridized carbons (Fsp3) is 0.348. The highest BCUT2D eigenvalue weighted by atomic mass is 35.5. The largest absolute Gasteiger partial charge is 0.365 e. The Hall–Kier alpha value is -1.63. The number of aromatic nitrogens is 3. The topological polar surface area (TPSA) is 58.9 Å². The Morgan fingerprint density at radius 1 is 1.06 bits per heavy atom. The number of Topliss-reactive ketones (excluding diaryl/α,β-unsaturated/α-hetero) is 1. The number of hydrogen-bond donors (Lipinski definition) is 1. The Morgan fingerprint density at radius 3 is 2.34 bits per heavy atom. The van der Waals surface area contributed by atoms with Gasteiger partial charge in [0, 0.05) is 31.1 Å². The molecule has 0 aliphatic carbocycles. The van der Waals surface area contributed by atoms with Gasteiger partial charge >= 0.3 is 6.33 Å². The molecule has 32 heavy (non-hydrogen) atoms. The van der Waals surface area contributed by atoms with Gasteiger partial charge in [0.2, 0.25) is 0 Å². The van der Waals surface area contributed by atoms with Gasteiger partial charge in [-0.05, 0) is 34.8 Å². The predicted octanol–water partition coefficient (Wildman–Crippen LogP) is 6.43. The molecule has 0 spiro atoms. The van der Waals surface area contributed by atoms with Gasteiger partial charge in [0.25, 0.3) is 5.82 Å². The van der Waals surface area contributed by atoms with E-state index in [9.17, 15) is 4.79 Å². The molecule has 2 aromatic carbocycles. The molecule has 1 aromatic heterocycles. The van der Waals surface area contributed by atoms with Gasteiger partial charge in [-0.1, -0.05) is 79.3 Å².